The van der Waals surface area contributed by atoms with Gasteiger partial charge in [-0.25, -0.2) is 28.2 Å². The number of halogens is 2. The Labute approximate surface area is 159 Å². The SMILES string of the molecule is CC[C@H](Nc1cc(-c2c(N)nn3cccnc23)ncn1)c1ccc(F)c(F)c1. The van der Waals surface area contributed by atoms with Gasteiger partial charge in [0.1, 0.15) is 12.1 Å². The molecule has 3 N–H and O–H groups in total. The summed E-state index contributed by atoms with van der Waals surface area (Å²) < 4.78 is 28.4. The number of hydrogen-bond acceptors (Lipinski definition) is 6. The number of nitrogen functional groups attached to an aromatic ring is 1. The molecule has 142 valence electrons. The van der Waals surface area contributed by atoms with E-state index in [-0.39, 0.29) is 6.04 Å². The first-order valence-electron chi connectivity index (χ1n) is 8.69. The summed E-state index contributed by atoms with van der Waals surface area (Å²) in [5.41, 5.74) is 8.42. The van der Waals surface area contributed by atoms with Gasteiger partial charge in [0, 0.05) is 18.5 Å². The zero-order valence-electron chi connectivity index (χ0n) is 15.0. The van der Waals surface area contributed by atoms with Crippen molar-refractivity contribution in [3.63, 3.8) is 0 Å². The summed E-state index contributed by atoms with van der Waals surface area (Å²) in [6.45, 7) is 1.94. The highest BCUT2D eigenvalue weighted by atomic mass is 19.2. The second-order valence-electron chi connectivity index (χ2n) is 6.22. The van der Waals surface area contributed by atoms with Crippen LogP contribution >= 0.6 is 0 Å². The van der Waals surface area contributed by atoms with Crippen LogP contribution in [0.2, 0.25) is 0 Å². The Bertz CT molecular complexity index is 1140. The molecular weight excluding hydrogens is 364 g/mol. The van der Waals surface area contributed by atoms with Crippen molar-refractivity contribution in [3.05, 3.63) is 66.3 Å². The predicted octanol–water partition coefficient (Wildman–Crippen LogP) is 3.61. The lowest BCUT2D eigenvalue weighted by Crippen LogP contribution is -2.11. The van der Waals surface area contributed by atoms with Gasteiger partial charge in [-0.15, -0.1) is 5.10 Å². The van der Waals surface area contributed by atoms with E-state index in [9.17, 15) is 8.78 Å². The van der Waals surface area contributed by atoms with Crippen molar-refractivity contribution >= 4 is 17.3 Å². The van der Waals surface area contributed by atoms with Crippen molar-refractivity contribution in [1.82, 2.24) is 24.6 Å². The summed E-state index contributed by atoms with van der Waals surface area (Å²) in [5, 5.41) is 7.47. The first kappa shape index (κ1) is 17.8. The van der Waals surface area contributed by atoms with Gasteiger partial charge in [-0.05, 0) is 30.2 Å². The zero-order valence-corrected chi connectivity index (χ0v) is 15.0. The highest BCUT2D eigenvalue weighted by Gasteiger charge is 2.17. The van der Waals surface area contributed by atoms with E-state index in [2.05, 4.69) is 25.4 Å². The van der Waals surface area contributed by atoms with Crippen LogP contribution in [0.25, 0.3) is 16.9 Å². The van der Waals surface area contributed by atoms with Gasteiger partial charge >= 0.3 is 0 Å². The van der Waals surface area contributed by atoms with E-state index in [1.165, 1.54) is 12.4 Å². The van der Waals surface area contributed by atoms with Crippen LogP contribution in [0.15, 0.2) is 49.1 Å². The van der Waals surface area contributed by atoms with E-state index in [0.717, 1.165) is 6.07 Å². The third kappa shape index (κ3) is 3.22. The molecule has 1 atom stereocenters. The van der Waals surface area contributed by atoms with Crippen LogP contribution in [0.3, 0.4) is 0 Å². The van der Waals surface area contributed by atoms with Gasteiger partial charge < -0.3 is 11.1 Å². The minimum atomic E-state index is -0.883. The fourth-order valence-corrected chi connectivity index (χ4v) is 3.05. The third-order valence-electron chi connectivity index (χ3n) is 4.42. The van der Waals surface area contributed by atoms with E-state index in [4.69, 9.17) is 5.73 Å². The van der Waals surface area contributed by atoms with Crippen LogP contribution in [0.1, 0.15) is 24.9 Å². The molecular formula is C19H17F2N7. The second-order valence-corrected chi connectivity index (χ2v) is 6.22. The molecule has 0 fully saturated rings. The van der Waals surface area contributed by atoms with Gasteiger partial charge in [-0.2, -0.15) is 0 Å². The van der Waals surface area contributed by atoms with E-state index < -0.39 is 11.6 Å². The second kappa shape index (κ2) is 7.18. The first-order valence-corrected chi connectivity index (χ1v) is 8.69. The minimum absolute atomic E-state index is 0.253. The van der Waals surface area contributed by atoms with Crippen molar-refractivity contribution in [3.8, 4) is 11.3 Å². The molecule has 0 saturated heterocycles. The van der Waals surface area contributed by atoms with E-state index in [0.29, 0.717) is 40.5 Å². The lowest BCUT2D eigenvalue weighted by Gasteiger charge is -2.18. The van der Waals surface area contributed by atoms with Crippen LogP contribution in [-0.2, 0) is 0 Å². The summed E-state index contributed by atoms with van der Waals surface area (Å²) in [6.07, 6.45) is 5.45. The number of aromatic nitrogens is 5. The molecule has 1 aromatic carbocycles. The highest BCUT2D eigenvalue weighted by molar-refractivity contribution is 5.84. The molecule has 0 amide bonds. The number of hydrogen-bond donors (Lipinski definition) is 2. The van der Waals surface area contributed by atoms with Crippen LogP contribution < -0.4 is 11.1 Å². The van der Waals surface area contributed by atoms with E-state index >= 15 is 0 Å². The number of benzene rings is 1. The van der Waals surface area contributed by atoms with Gasteiger partial charge in [-0.1, -0.05) is 13.0 Å². The molecule has 0 aliphatic carbocycles. The zero-order chi connectivity index (χ0) is 19.7. The van der Waals surface area contributed by atoms with Crippen LogP contribution in [0.5, 0.6) is 0 Å². The van der Waals surface area contributed by atoms with Gasteiger partial charge in [0.15, 0.2) is 23.1 Å². The van der Waals surface area contributed by atoms with Crippen molar-refractivity contribution < 1.29 is 8.78 Å². The maximum Gasteiger partial charge on any atom is 0.166 e. The van der Waals surface area contributed by atoms with Crippen LogP contribution in [0, 0.1) is 11.6 Å². The molecule has 3 heterocycles. The molecule has 9 heteroatoms. The normalized spacial score (nSPS) is 12.2. The predicted molar refractivity (Wildman–Crippen MR) is 101 cm³/mol. The van der Waals surface area contributed by atoms with Crippen molar-refractivity contribution in [1.29, 1.82) is 0 Å². The fraction of sp³-hybridized carbons (Fsp3) is 0.158. The molecule has 3 aromatic heterocycles. The standard InChI is InChI=1S/C19H17F2N7/c1-2-14(11-4-5-12(20)13(21)8-11)26-16-9-15(24-10-25-16)17-18(22)27-28-7-3-6-23-19(17)28/h3-10,14H,2H2,1H3,(H2,22,27)(H,24,25,26)/t14-/m0/s1. The van der Waals surface area contributed by atoms with Crippen molar-refractivity contribution in [2.45, 2.75) is 19.4 Å². The minimum Gasteiger partial charge on any atom is -0.382 e. The Kier molecular flexibility index (Phi) is 4.56. The number of nitrogens with zero attached hydrogens (tertiary/aromatic N) is 5. The Hall–Kier alpha value is -3.62. The van der Waals surface area contributed by atoms with Gasteiger partial charge in [0.05, 0.1) is 17.3 Å². The summed E-state index contributed by atoms with van der Waals surface area (Å²) in [5.74, 6) is -0.933. The average Bonchev–Trinajstić information content (AvgIpc) is 3.04. The maximum atomic E-state index is 13.6. The lowest BCUT2D eigenvalue weighted by molar-refractivity contribution is 0.505. The smallest absolute Gasteiger partial charge is 0.166 e. The summed E-state index contributed by atoms with van der Waals surface area (Å²) in [7, 11) is 0. The molecule has 0 aliphatic heterocycles. The summed E-state index contributed by atoms with van der Waals surface area (Å²) >= 11 is 0. The van der Waals surface area contributed by atoms with Crippen LogP contribution in [0.4, 0.5) is 20.4 Å². The molecule has 0 bridgehead atoms. The topological polar surface area (TPSA) is 94.0 Å². The van der Waals surface area contributed by atoms with Crippen LogP contribution in [-0.4, -0.2) is 24.6 Å². The van der Waals surface area contributed by atoms with Gasteiger partial charge in [-0.3, -0.25) is 0 Å². The molecule has 7 nitrogen and oxygen atoms in total. The molecule has 28 heavy (non-hydrogen) atoms. The summed E-state index contributed by atoms with van der Waals surface area (Å²) in [4.78, 5) is 12.8. The number of rotatable bonds is 5. The molecule has 4 rings (SSSR count). The van der Waals surface area contributed by atoms with Crippen molar-refractivity contribution in [2.24, 2.45) is 0 Å². The largest absolute Gasteiger partial charge is 0.382 e. The molecule has 0 saturated carbocycles. The van der Waals surface area contributed by atoms with Crippen molar-refractivity contribution in [2.75, 3.05) is 11.1 Å². The lowest BCUT2D eigenvalue weighted by atomic mass is 10.0. The number of nitrogens with two attached hydrogens (primary N) is 1. The van der Waals surface area contributed by atoms with Gasteiger partial charge in [0.25, 0.3) is 0 Å². The van der Waals surface area contributed by atoms with Gasteiger partial charge in [0.2, 0.25) is 0 Å². The Morgan fingerprint density at radius 1 is 1.14 bits per heavy atom. The molecule has 0 aliphatic rings. The fourth-order valence-electron chi connectivity index (χ4n) is 3.05. The molecule has 0 unspecified atom stereocenters. The Morgan fingerprint density at radius 2 is 2.00 bits per heavy atom. The quantitative estimate of drug-likeness (QED) is 0.548. The first-order chi connectivity index (χ1) is 13.6. The Balaban J connectivity index is 1.68. The molecule has 0 radical (unpaired) electrons. The molecule has 0 spiro atoms. The maximum absolute atomic E-state index is 13.6. The van der Waals surface area contributed by atoms with E-state index in [1.54, 1.807) is 35.1 Å². The number of nitrogens with one attached hydrogen (secondary N) is 1. The highest BCUT2D eigenvalue weighted by Crippen LogP contribution is 2.29. The molecule has 4 aromatic rings. The monoisotopic (exact) mass is 381 g/mol. The summed E-state index contributed by atoms with van der Waals surface area (Å²) in [6, 6.07) is 7.08. The number of anilines is 2. The number of fused-ring (bicyclic) bond motifs is 1. The van der Waals surface area contributed by atoms with E-state index in [1.807, 2.05) is 6.92 Å². The Morgan fingerprint density at radius 3 is 2.79 bits per heavy atom. The third-order valence-corrected chi connectivity index (χ3v) is 4.42. The average molecular weight is 381 g/mol.